The van der Waals surface area contributed by atoms with Crippen LogP contribution in [-0.2, 0) is 17.9 Å². The lowest BCUT2D eigenvalue weighted by Gasteiger charge is -2.22. The first-order chi connectivity index (χ1) is 8.60. The van der Waals surface area contributed by atoms with Crippen molar-refractivity contribution in [3.8, 4) is 0 Å². The van der Waals surface area contributed by atoms with Gasteiger partial charge in [-0.3, -0.25) is 4.79 Å². The van der Waals surface area contributed by atoms with Gasteiger partial charge in [-0.25, -0.2) is 4.68 Å². The van der Waals surface area contributed by atoms with Gasteiger partial charge in [-0.2, -0.15) is 0 Å². The summed E-state index contributed by atoms with van der Waals surface area (Å²) in [6.07, 6.45) is 3.83. The summed E-state index contributed by atoms with van der Waals surface area (Å²) in [5, 5.41) is 10.7. The van der Waals surface area contributed by atoms with Crippen LogP contribution in [0.1, 0.15) is 39.3 Å². The maximum absolute atomic E-state index is 11.8. The molecule has 1 atom stereocenters. The van der Waals surface area contributed by atoms with Crippen molar-refractivity contribution in [2.24, 2.45) is 11.7 Å². The molecule has 1 heterocycles. The number of aromatic nitrogens is 3. The first-order valence-corrected chi connectivity index (χ1v) is 6.49. The second-order valence-corrected chi connectivity index (χ2v) is 4.54. The second-order valence-electron chi connectivity index (χ2n) is 4.54. The molecule has 0 bridgehead atoms. The Balaban J connectivity index is 2.46. The first-order valence-electron chi connectivity index (χ1n) is 6.49. The maximum Gasteiger partial charge on any atom is 0.242 e. The molecule has 6 nitrogen and oxygen atoms in total. The molecule has 0 aliphatic carbocycles. The van der Waals surface area contributed by atoms with Crippen molar-refractivity contribution in [2.75, 3.05) is 0 Å². The van der Waals surface area contributed by atoms with Gasteiger partial charge in [-0.05, 0) is 12.8 Å². The molecule has 1 amide bonds. The number of nitrogens with one attached hydrogen (secondary N) is 1. The minimum atomic E-state index is -0.0390. The van der Waals surface area contributed by atoms with Gasteiger partial charge >= 0.3 is 0 Å². The summed E-state index contributed by atoms with van der Waals surface area (Å²) in [7, 11) is 0. The van der Waals surface area contributed by atoms with Crippen LogP contribution in [-0.4, -0.2) is 26.9 Å². The van der Waals surface area contributed by atoms with Crippen molar-refractivity contribution in [1.29, 1.82) is 0 Å². The summed E-state index contributed by atoms with van der Waals surface area (Å²) in [5.74, 6) is 0.479. The molecule has 0 radical (unpaired) electrons. The number of amides is 1. The van der Waals surface area contributed by atoms with E-state index >= 15 is 0 Å². The highest BCUT2D eigenvalue weighted by atomic mass is 16.2. The average molecular weight is 253 g/mol. The lowest BCUT2D eigenvalue weighted by Crippen LogP contribution is -2.39. The molecular formula is C12H23N5O. The van der Waals surface area contributed by atoms with Gasteiger partial charge in [-0.1, -0.05) is 31.9 Å². The van der Waals surface area contributed by atoms with E-state index in [1.54, 1.807) is 6.20 Å². The second kappa shape index (κ2) is 7.10. The molecule has 0 spiro atoms. The highest BCUT2D eigenvalue weighted by Crippen LogP contribution is 2.12. The van der Waals surface area contributed by atoms with Crippen molar-refractivity contribution in [3.05, 3.63) is 11.9 Å². The summed E-state index contributed by atoms with van der Waals surface area (Å²) in [4.78, 5) is 11.8. The number of carbonyl (C=O) groups is 1. The molecule has 102 valence electrons. The molecule has 1 aromatic rings. The topological polar surface area (TPSA) is 85.8 Å². The van der Waals surface area contributed by atoms with Crippen molar-refractivity contribution in [1.82, 2.24) is 20.3 Å². The van der Waals surface area contributed by atoms with Crippen LogP contribution in [0, 0.1) is 5.92 Å². The van der Waals surface area contributed by atoms with Gasteiger partial charge in [0.05, 0.1) is 11.9 Å². The zero-order chi connectivity index (χ0) is 13.5. The van der Waals surface area contributed by atoms with Crippen molar-refractivity contribution >= 4 is 5.91 Å². The fourth-order valence-electron chi connectivity index (χ4n) is 2.07. The zero-order valence-electron chi connectivity index (χ0n) is 11.4. The van der Waals surface area contributed by atoms with Crippen molar-refractivity contribution in [3.63, 3.8) is 0 Å². The molecule has 3 N–H and O–H groups in total. The minimum Gasteiger partial charge on any atom is -0.352 e. The molecule has 0 aliphatic rings. The Kier molecular flexibility index (Phi) is 5.77. The smallest absolute Gasteiger partial charge is 0.242 e. The molecule has 6 heteroatoms. The van der Waals surface area contributed by atoms with Crippen LogP contribution < -0.4 is 11.1 Å². The molecular weight excluding hydrogens is 230 g/mol. The number of nitrogens with zero attached hydrogens (tertiary/aromatic N) is 3. The van der Waals surface area contributed by atoms with Gasteiger partial charge in [-0.15, -0.1) is 5.10 Å². The number of nitrogens with two attached hydrogens (primary N) is 1. The van der Waals surface area contributed by atoms with E-state index in [4.69, 9.17) is 5.73 Å². The maximum atomic E-state index is 11.8. The number of hydrogen-bond donors (Lipinski definition) is 2. The first kappa shape index (κ1) is 14.6. The van der Waals surface area contributed by atoms with Crippen LogP contribution in [0.3, 0.4) is 0 Å². The Hall–Kier alpha value is -1.43. The summed E-state index contributed by atoms with van der Waals surface area (Å²) >= 11 is 0. The van der Waals surface area contributed by atoms with Gasteiger partial charge < -0.3 is 11.1 Å². The molecule has 1 aromatic heterocycles. The van der Waals surface area contributed by atoms with Crippen LogP contribution >= 0.6 is 0 Å². The van der Waals surface area contributed by atoms with Gasteiger partial charge in [0.1, 0.15) is 6.54 Å². The zero-order valence-corrected chi connectivity index (χ0v) is 11.4. The summed E-state index contributed by atoms with van der Waals surface area (Å²) in [6, 6.07) is 0.185. The fourth-order valence-corrected chi connectivity index (χ4v) is 2.07. The molecule has 0 saturated heterocycles. The molecule has 0 fully saturated rings. The Labute approximate surface area is 108 Å². The van der Waals surface area contributed by atoms with E-state index in [1.165, 1.54) is 4.68 Å². The van der Waals surface area contributed by atoms with E-state index in [-0.39, 0.29) is 18.5 Å². The third-order valence-electron chi connectivity index (χ3n) is 3.25. The Morgan fingerprint density at radius 2 is 2.17 bits per heavy atom. The lowest BCUT2D eigenvalue weighted by atomic mass is 9.95. The van der Waals surface area contributed by atoms with E-state index in [0.717, 1.165) is 12.8 Å². The average Bonchev–Trinajstić information content (AvgIpc) is 2.78. The van der Waals surface area contributed by atoms with Crippen LogP contribution in [0.5, 0.6) is 0 Å². The Morgan fingerprint density at radius 3 is 2.67 bits per heavy atom. The van der Waals surface area contributed by atoms with Crippen molar-refractivity contribution < 1.29 is 4.79 Å². The normalized spacial score (nSPS) is 12.7. The van der Waals surface area contributed by atoms with E-state index in [9.17, 15) is 4.79 Å². The quantitative estimate of drug-likeness (QED) is 0.748. The third kappa shape index (κ3) is 4.10. The minimum absolute atomic E-state index is 0.0390. The van der Waals surface area contributed by atoms with E-state index in [1.807, 2.05) is 6.92 Å². The highest BCUT2D eigenvalue weighted by Gasteiger charge is 2.16. The largest absolute Gasteiger partial charge is 0.352 e. The lowest BCUT2D eigenvalue weighted by molar-refractivity contribution is -0.122. The summed E-state index contributed by atoms with van der Waals surface area (Å²) < 4.78 is 1.51. The van der Waals surface area contributed by atoms with E-state index in [0.29, 0.717) is 18.2 Å². The van der Waals surface area contributed by atoms with Crippen LogP contribution in [0.15, 0.2) is 6.20 Å². The third-order valence-corrected chi connectivity index (χ3v) is 3.25. The highest BCUT2D eigenvalue weighted by molar-refractivity contribution is 5.75. The molecule has 0 saturated carbocycles. The van der Waals surface area contributed by atoms with Crippen LogP contribution in [0.4, 0.5) is 0 Å². The summed E-state index contributed by atoms with van der Waals surface area (Å²) in [6.45, 7) is 6.86. The number of rotatable bonds is 7. The molecule has 0 aliphatic heterocycles. The van der Waals surface area contributed by atoms with E-state index in [2.05, 4.69) is 29.5 Å². The van der Waals surface area contributed by atoms with Gasteiger partial charge in [0.2, 0.25) is 5.91 Å². The van der Waals surface area contributed by atoms with Crippen molar-refractivity contribution in [2.45, 2.75) is 52.7 Å². The van der Waals surface area contributed by atoms with Gasteiger partial charge in [0.15, 0.2) is 0 Å². The monoisotopic (exact) mass is 253 g/mol. The van der Waals surface area contributed by atoms with Gasteiger partial charge in [0.25, 0.3) is 0 Å². The molecule has 1 rings (SSSR count). The fraction of sp³-hybridized carbons (Fsp3) is 0.750. The molecule has 1 unspecified atom stereocenters. The molecule has 0 aromatic carbocycles. The Morgan fingerprint density at radius 1 is 1.50 bits per heavy atom. The van der Waals surface area contributed by atoms with Crippen LogP contribution in [0.2, 0.25) is 0 Å². The number of hydrogen-bond acceptors (Lipinski definition) is 4. The summed E-state index contributed by atoms with van der Waals surface area (Å²) in [5.41, 5.74) is 6.12. The predicted molar refractivity (Wildman–Crippen MR) is 69.6 cm³/mol. The molecule has 18 heavy (non-hydrogen) atoms. The Bertz CT molecular complexity index is 372. The SMILES string of the molecule is CCC(CC)C(C)NC(=O)Cn1cc(CN)nn1. The van der Waals surface area contributed by atoms with Crippen LogP contribution in [0.25, 0.3) is 0 Å². The predicted octanol–water partition coefficient (Wildman–Crippen LogP) is 0.678. The number of carbonyl (C=O) groups excluding carboxylic acids is 1. The standard InChI is InChI=1S/C12H23N5O/c1-4-10(5-2)9(3)14-12(18)8-17-7-11(6-13)15-16-17/h7,9-10H,4-6,8,13H2,1-3H3,(H,14,18). The van der Waals surface area contributed by atoms with Gasteiger partial charge in [0, 0.05) is 12.6 Å². The van der Waals surface area contributed by atoms with E-state index < -0.39 is 0 Å².